The molecule has 2 nitrogen and oxygen atoms in total. The van der Waals surface area contributed by atoms with Gasteiger partial charge in [0.25, 0.3) is 0 Å². The van der Waals surface area contributed by atoms with Crippen molar-refractivity contribution in [3.63, 3.8) is 0 Å². The van der Waals surface area contributed by atoms with Gasteiger partial charge in [0.15, 0.2) is 0 Å². The van der Waals surface area contributed by atoms with E-state index in [9.17, 15) is 9.59 Å². The van der Waals surface area contributed by atoms with Crippen LogP contribution in [0.3, 0.4) is 0 Å². The topological polar surface area (TPSA) is 34.1 Å². The van der Waals surface area contributed by atoms with E-state index in [4.69, 9.17) is 0 Å². The lowest BCUT2D eigenvalue weighted by Gasteiger charge is -2.33. The first-order valence-corrected chi connectivity index (χ1v) is 64.4. The molecule has 4 rings (SSSR count). The highest BCUT2D eigenvalue weighted by molar-refractivity contribution is 8.15. The molecule has 0 N–H and O–H groups in total. The third kappa shape index (κ3) is 115. The van der Waals surface area contributed by atoms with Gasteiger partial charge in [0.05, 0.1) is 5.75 Å². The molecule has 0 bridgehead atoms. The number of carbonyl (C=O) groups is 2. The molecule has 0 fully saturated rings. The van der Waals surface area contributed by atoms with Crippen LogP contribution in [0.4, 0.5) is 0 Å². The molecule has 0 aliphatic carbocycles. The summed E-state index contributed by atoms with van der Waals surface area (Å²) in [6.07, 6.45) is 28.1. The summed E-state index contributed by atoms with van der Waals surface area (Å²) in [5.41, 5.74) is 15.2. The smallest absolute Gasteiger partial charge is 0.220 e. The SMILES string of the molecule is CC(C)(C)C/C=C\CSC(C)(C)C.CC(C)(C)CC(C)(C)CCSC(C)(C)C.CC(C)(C)CCC(C)(C)CSC(C)(C)C.CC(C)(C)CCCCCSC(C)(C)C.CC(C)(C)CCCCSC(C)(C)C.CC(C)(C)Cc1ccccc1C(=O)SC(C)(C)C.CC(C)(C)Cc1ccccc1CC(=O)CSC(C)(C)C.CC(C)(C)Cc1ccccc1CCCSC(C)(C)C.CC(C)(C)Cc1ccccc1CSC(C)(C)C. The van der Waals surface area contributed by atoms with Gasteiger partial charge in [0, 0.05) is 66.2 Å². The van der Waals surface area contributed by atoms with E-state index in [0.29, 0.717) is 99.9 Å². The second-order valence-electron chi connectivity index (χ2n) is 62.2. The van der Waals surface area contributed by atoms with Gasteiger partial charge in [0.1, 0.15) is 5.78 Å². The summed E-state index contributed by atoms with van der Waals surface area (Å²) in [5, 5.41) is 0.183. The summed E-state index contributed by atoms with van der Waals surface area (Å²) in [5.74, 6) is 9.65. The van der Waals surface area contributed by atoms with E-state index in [2.05, 4.69) is 545 Å². The zero-order valence-electron chi connectivity index (χ0n) is 107. The highest BCUT2D eigenvalue weighted by atomic mass is 32.2. The Labute approximate surface area is 943 Å². The van der Waals surface area contributed by atoms with Crippen molar-refractivity contribution < 1.29 is 9.59 Å². The molecule has 0 spiro atoms. The molecule has 0 unspecified atom stereocenters. The van der Waals surface area contributed by atoms with Crippen LogP contribution in [0.5, 0.6) is 0 Å². The number of thioether (sulfide) groups is 9. The maximum Gasteiger partial charge on any atom is 0.220 e. The maximum absolute atomic E-state index is 12.3. The van der Waals surface area contributed by atoms with Gasteiger partial charge in [-0.3, -0.25) is 9.59 Å². The zero-order valence-corrected chi connectivity index (χ0v) is 114. The van der Waals surface area contributed by atoms with Crippen LogP contribution < -0.4 is 0 Å². The summed E-state index contributed by atoms with van der Waals surface area (Å²) in [6, 6.07) is 34.2. The largest absolute Gasteiger partial charge is 0.298 e. The molecule has 0 aliphatic heterocycles. The van der Waals surface area contributed by atoms with Crippen LogP contribution in [-0.2, 0) is 49.1 Å². The summed E-state index contributed by atoms with van der Waals surface area (Å²) in [7, 11) is 0. The maximum atomic E-state index is 12.3. The number of Topliss-reactive ketones (excluding diaryl/α,β-unsaturated/α-hetero) is 1. The number of hydrogen-bond donors (Lipinski definition) is 0. The van der Waals surface area contributed by atoms with Gasteiger partial charge in [-0.05, 0) is 224 Å². The second-order valence-corrected chi connectivity index (χ2v) is 78.9. The standard InChI is InChI=1S/C18H28OS.C18H30S.C16H24OS.C16H26S.2C14H30S.C13H28S.C12H26S.C12H24S/c1-17(2,3)12-15-10-8-7-9-14(15)11-16(19)13-20-18(4,5)6;1-17(2,3)14-16-11-8-7-10-15(16)12-9-13-19-18(4,5)6;1-15(2,3)11-12-9-7-8-10-13(12)14(17)18-16(4,5)6;1-15(2,3)11-13-9-7-8-10-14(13)12-17-16(4,5)6;1-12(2,3)11-14(7,8)9-10-15-13(4,5)6;1-12(2,3)9-10-14(7,8)11-15-13(4,5)6;1-12(2,3)10-8-7-9-11-14-13(4,5)6;2*1-11(2,3)9-7-8-10-13-12(4,5)6/h7-10H,11-13H2,1-6H3;7-8,10-11H,9,12-14H2,1-6H3;7-10H,11H2,1-6H3;7-10H,11-12H2,1-6H3;2*9-11H2,1-8H3;7-11H2,1-6H3;7-10H2,1-6H3;7-8H,9-10H2,1-6H3/b;;;;;;;;8-7-. The number of ketones is 1. The van der Waals surface area contributed by atoms with Gasteiger partial charge in [-0.25, -0.2) is 0 Å². The van der Waals surface area contributed by atoms with Crippen LogP contribution in [0.1, 0.15) is 534 Å². The van der Waals surface area contributed by atoms with Gasteiger partial charge in [-0.1, -0.05) is 542 Å². The van der Waals surface area contributed by atoms with Crippen LogP contribution in [0, 0.1) is 59.6 Å². The summed E-state index contributed by atoms with van der Waals surface area (Å²) in [6.45, 7) is 132. The van der Waals surface area contributed by atoms with E-state index >= 15 is 0 Å². The summed E-state index contributed by atoms with van der Waals surface area (Å²) < 4.78 is 2.96. The van der Waals surface area contributed by atoms with Crippen LogP contribution in [-0.4, -0.2) is 93.9 Å². The Morgan fingerprint density at radius 3 is 0.924 bits per heavy atom. The lowest BCUT2D eigenvalue weighted by molar-refractivity contribution is -0.116. The number of benzene rings is 4. The lowest BCUT2D eigenvalue weighted by Crippen LogP contribution is -2.22. The van der Waals surface area contributed by atoms with Gasteiger partial charge in [0.2, 0.25) is 5.12 Å². The molecule has 11 heteroatoms. The fourth-order valence-electron chi connectivity index (χ4n) is 14.3. The molecule has 4 aromatic carbocycles. The third-order valence-corrected chi connectivity index (χ3v) is 33.0. The van der Waals surface area contributed by atoms with E-state index in [1.54, 1.807) is 17.3 Å². The first kappa shape index (κ1) is 152. The van der Waals surface area contributed by atoms with Crippen molar-refractivity contribution in [2.75, 3.05) is 40.3 Å². The minimum atomic E-state index is -0.0358. The van der Waals surface area contributed by atoms with Crippen molar-refractivity contribution in [1.82, 2.24) is 0 Å². The van der Waals surface area contributed by atoms with Crippen molar-refractivity contribution in [3.8, 4) is 0 Å². The third-order valence-electron chi connectivity index (χ3n) is 21.0. The Kier molecular flexibility index (Phi) is 72.2. The van der Waals surface area contributed by atoms with Crippen molar-refractivity contribution in [2.24, 2.45) is 59.6 Å². The van der Waals surface area contributed by atoms with Crippen molar-refractivity contribution in [3.05, 3.63) is 154 Å². The number of allylic oxidation sites excluding steroid dienone is 1. The average Bonchev–Trinajstić information content (AvgIpc) is 0.825. The molecule has 0 amide bonds. The Morgan fingerprint density at radius 2 is 0.562 bits per heavy atom. The van der Waals surface area contributed by atoms with Crippen molar-refractivity contribution in [1.29, 1.82) is 0 Å². The highest BCUT2D eigenvalue weighted by Crippen LogP contribution is 2.42. The molecule has 0 saturated carbocycles. The molecule has 844 valence electrons. The van der Waals surface area contributed by atoms with E-state index in [0.717, 1.165) is 41.9 Å². The summed E-state index contributed by atoms with van der Waals surface area (Å²) in [4.78, 5) is 24.5. The first-order chi connectivity index (χ1) is 63.9. The molecule has 0 aromatic heterocycles. The molecule has 0 radical (unpaired) electrons. The molecule has 0 heterocycles. The predicted octanol–water partition coefficient (Wildman–Crippen LogP) is 46.0. The van der Waals surface area contributed by atoms with Gasteiger partial charge < -0.3 is 0 Å². The monoisotopic (exact) mass is 2160 g/mol. The Balaban J connectivity index is -0.000000505. The Hall–Kier alpha value is -0.890. The number of aryl methyl sites for hydroxylation is 1. The zero-order chi connectivity index (χ0) is 114. The van der Waals surface area contributed by atoms with E-state index in [1.807, 2.05) is 47.8 Å². The van der Waals surface area contributed by atoms with Crippen LogP contribution in [0.25, 0.3) is 0 Å². The van der Waals surface area contributed by atoms with E-state index in [1.165, 1.54) is 165 Å². The quantitative estimate of drug-likeness (QED) is 0.0326. The van der Waals surface area contributed by atoms with Crippen LogP contribution in [0.2, 0.25) is 0 Å². The van der Waals surface area contributed by atoms with Crippen molar-refractivity contribution >= 4 is 117 Å². The van der Waals surface area contributed by atoms with Gasteiger partial charge in [-0.2, -0.15) is 82.3 Å². The number of rotatable bonds is 35. The van der Waals surface area contributed by atoms with Crippen LogP contribution in [0.15, 0.2) is 109 Å². The molecular weight excluding hydrogens is 1920 g/mol. The molecule has 0 saturated heterocycles. The molecule has 0 aliphatic rings. The molecule has 0 atom stereocenters. The minimum absolute atomic E-state index is 0.0358. The number of hydrogen-bond acceptors (Lipinski definition) is 11. The minimum Gasteiger partial charge on any atom is -0.298 e. The Morgan fingerprint density at radius 1 is 0.243 bits per heavy atom. The van der Waals surface area contributed by atoms with Gasteiger partial charge >= 0.3 is 0 Å². The normalized spacial score (nSPS) is 13.3. The highest BCUT2D eigenvalue weighted by Gasteiger charge is 2.30. The molecular formula is C133H246O2S9. The fraction of sp³-hybridized carbons (Fsp3) is 0.789. The van der Waals surface area contributed by atoms with Crippen molar-refractivity contribution in [2.45, 2.75) is 572 Å². The van der Waals surface area contributed by atoms with Gasteiger partial charge in [-0.15, -0.1) is 11.8 Å². The first-order valence-electron chi connectivity index (χ1n) is 55.7. The predicted molar refractivity (Wildman–Crippen MR) is 693 cm³/mol. The molecule has 144 heavy (non-hydrogen) atoms. The summed E-state index contributed by atoms with van der Waals surface area (Å²) >= 11 is 17.6. The van der Waals surface area contributed by atoms with E-state index in [-0.39, 0.29) is 25.4 Å². The lowest BCUT2D eigenvalue weighted by atomic mass is 9.75. The second kappa shape index (κ2) is 68.6. The number of unbranched alkanes of at least 4 members (excludes halogenated alkanes) is 3. The Bertz CT molecular complexity index is 3930. The van der Waals surface area contributed by atoms with E-state index < -0.39 is 0 Å². The van der Waals surface area contributed by atoms with Crippen LogP contribution >= 0.6 is 106 Å². The average molecular weight is 2170 g/mol. The molecule has 4 aromatic rings. The fourth-order valence-corrected chi connectivity index (χ4v) is 22.6. The number of carbonyl (C=O) groups excluding carboxylic acids is 2.